The van der Waals surface area contributed by atoms with Crippen molar-refractivity contribution in [3.8, 4) is 28.1 Å². The summed E-state index contributed by atoms with van der Waals surface area (Å²) >= 11 is 6.46. The molecule has 4 rings (SSSR count). The fourth-order valence-corrected chi connectivity index (χ4v) is 3.38. The number of aromatic nitrogens is 3. The zero-order chi connectivity index (χ0) is 21.1. The minimum Gasteiger partial charge on any atom is -0.507 e. The van der Waals surface area contributed by atoms with Gasteiger partial charge in [0.2, 0.25) is 0 Å². The van der Waals surface area contributed by atoms with E-state index >= 15 is 0 Å². The van der Waals surface area contributed by atoms with E-state index in [9.17, 15) is 9.90 Å². The number of pyridine rings is 1. The van der Waals surface area contributed by atoms with Crippen LogP contribution in [0.15, 0.2) is 60.7 Å². The highest BCUT2D eigenvalue weighted by Gasteiger charge is 2.13. The summed E-state index contributed by atoms with van der Waals surface area (Å²) in [5, 5.41) is 17.6. The molecule has 0 aliphatic carbocycles. The number of fused-ring (bicyclic) bond motifs is 1. The number of carbonyl (C=O) groups excluding carboxylic acids is 1. The van der Waals surface area contributed by atoms with Gasteiger partial charge in [0, 0.05) is 17.2 Å². The Balaban J connectivity index is 1.70. The van der Waals surface area contributed by atoms with Gasteiger partial charge in [-0.2, -0.15) is 5.10 Å². The lowest BCUT2D eigenvalue weighted by Gasteiger charge is -2.08. The zero-order valence-electron chi connectivity index (χ0n) is 16.1. The largest absolute Gasteiger partial charge is 0.507 e. The van der Waals surface area contributed by atoms with Crippen LogP contribution in [0.25, 0.3) is 39.5 Å². The van der Waals surface area contributed by atoms with Crippen LogP contribution in [0.1, 0.15) is 12.6 Å². The van der Waals surface area contributed by atoms with Gasteiger partial charge >= 0.3 is 5.97 Å². The maximum atomic E-state index is 11.6. The summed E-state index contributed by atoms with van der Waals surface area (Å²) in [5.41, 5.74) is 4.83. The lowest BCUT2D eigenvalue weighted by Crippen LogP contribution is -1.98. The first kappa shape index (κ1) is 19.7. The van der Waals surface area contributed by atoms with Gasteiger partial charge in [-0.25, -0.2) is 9.78 Å². The summed E-state index contributed by atoms with van der Waals surface area (Å²) in [5.74, 6) is -0.221. The number of hydrogen-bond donors (Lipinski definition) is 2. The second-order valence-electron chi connectivity index (χ2n) is 6.50. The molecule has 0 aliphatic rings. The number of ether oxygens (including phenoxy) is 1. The molecule has 0 unspecified atom stereocenters. The fraction of sp³-hybridized carbons (Fsp3) is 0.0870. The number of carbonyl (C=O) groups is 1. The molecule has 0 bridgehead atoms. The van der Waals surface area contributed by atoms with E-state index in [0.29, 0.717) is 34.1 Å². The number of H-pyrrole nitrogens is 1. The second kappa shape index (κ2) is 8.39. The number of para-hydroxylation sites is 1. The first-order valence-electron chi connectivity index (χ1n) is 9.35. The van der Waals surface area contributed by atoms with Crippen molar-refractivity contribution in [3.05, 3.63) is 71.4 Å². The van der Waals surface area contributed by atoms with E-state index in [4.69, 9.17) is 16.3 Å². The van der Waals surface area contributed by atoms with Gasteiger partial charge in [-0.1, -0.05) is 54.1 Å². The summed E-state index contributed by atoms with van der Waals surface area (Å²) in [6, 6.07) is 16.5. The van der Waals surface area contributed by atoms with Crippen LogP contribution in [-0.2, 0) is 9.53 Å². The van der Waals surface area contributed by atoms with Gasteiger partial charge in [0.05, 0.1) is 22.8 Å². The molecule has 0 saturated heterocycles. The van der Waals surface area contributed by atoms with Crippen molar-refractivity contribution < 1.29 is 14.6 Å². The Morgan fingerprint density at radius 3 is 2.63 bits per heavy atom. The van der Waals surface area contributed by atoms with Crippen LogP contribution >= 0.6 is 11.6 Å². The number of nitrogens with one attached hydrogen (secondary N) is 1. The number of phenolic OH excluding ortho intramolecular Hbond substituents is 1. The topological polar surface area (TPSA) is 88.1 Å². The molecule has 0 radical (unpaired) electrons. The number of phenols is 1. The molecule has 7 heteroatoms. The highest BCUT2D eigenvalue weighted by molar-refractivity contribution is 6.33. The Bertz CT molecular complexity index is 1250. The molecule has 2 N–H and O–H groups in total. The maximum absolute atomic E-state index is 11.6. The molecule has 0 fully saturated rings. The van der Waals surface area contributed by atoms with E-state index in [1.54, 1.807) is 31.2 Å². The monoisotopic (exact) mass is 419 g/mol. The van der Waals surface area contributed by atoms with E-state index < -0.39 is 5.97 Å². The standard InChI is InChI=1S/C23H18ClN3O3/c1-2-30-21(29)12-11-18-23-19(27-26-18)13-17(24)22(25-23)15-9-7-14(8-10-15)16-5-3-4-6-20(16)28/h3-13,28H,2H2,1H3,(H,26,27)/b12-11+. The van der Waals surface area contributed by atoms with Crippen molar-refractivity contribution in [1.82, 2.24) is 15.2 Å². The van der Waals surface area contributed by atoms with Crippen LogP contribution in [-0.4, -0.2) is 32.9 Å². The van der Waals surface area contributed by atoms with Crippen molar-refractivity contribution in [3.63, 3.8) is 0 Å². The predicted octanol–water partition coefficient (Wildman–Crippen LogP) is 5.23. The van der Waals surface area contributed by atoms with Crippen molar-refractivity contribution in [2.75, 3.05) is 6.61 Å². The third-order valence-corrected chi connectivity index (χ3v) is 4.84. The molecular formula is C23H18ClN3O3. The van der Waals surface area contributed by atoms with Crippen molar-refractivity contribution in [2.45, 2.75) is 6.92 Å². The Labute approximate surface area is 177 Å². The molecule has 30 heavy (non-hydrogen) atoms. The van der Waals surface area contributed by atoms with Crippen LogP contribution in [0.3, 0.4) is 0 Å². The molecule has 2 aromatic heterocycles. The van der Waals surface area contributed by atoms with E-state index in [-0.39, 0.29) is 5.75 Å². The summed E-state index contributed by atoms with van der Waals surface area (Å²) in [4.78, 5) is 16.3. The first-order valence-corrected chi connectivity index (χ1v) is 9.73. The molecule has 2 heterocycles. The van der Waals surface area contributed by atoms with Gasteiger partial charge in [-0.15, -0.1) is 0 Å². The number of nitrogens with zero attached hydrogens (tertiary/aromatic N) is 2. The van der Waals surface area contributed by atoms with Crippen molar-refractivity contribution in [2.24, 2.45) is 0 Å². The molecule has 0 amide bonds. The minimum absolute atomic E-state index is 0.222. The Morgan fingerprint density at radius 1 is 1.17 bits per heavy atom. The fourth-order valence-electron chi connectivity index (χ4n) is 3.12. The zero-order valence-corrected chi connectivity index (χ0v) is 16.8. The van der Waals surface area contributed by atoms with E-state index in [1.165, 1.54) is 6.08 Å². The summed E-state index contributed by atoms with van der Waals surface area (Å²) in [6.45, 7) is 2.05. The van der Waals surface area contributed by atoms with Gasteiger partial charge in [-0.3, -0.25) is 5.10 Å². The quantitative estimate of drug-likeness (QED) is 0.341. The van der Waals surface area contributed by atoms with Gasteiger partial charge in [0.1, 0.15) is 17.0 Å². The molecule has 0 atom stereocenters. The van der Waals surface area contributed by atoms with E-state index in [2.05, 4.69) is 15.2 Å². The summed E-state index contributed by atoms with van der Waals surface area (Å²) < 4.78 is 4.90. The Kier molecular flexibility index (Phi) is 5.50. The number of esters is 1. The number of benzene rings is 2. The SMILES string of the molecule is CCOC(=O)/C=C/c1n[nH]c2cc(Cl)c(-c3ccc(-c4ccccc4O)cc3)nc12. The van der Waals surface area contributed by atoms with Crippen LogP contribution in [0.4, 0.5) is 0 Å². The van der Waals surface area contributed by atoms with Gasteiger partial charge in [0.15, 0.2) is 0 Å². The molecule has 150 valence electrons. The van der Waals surface area contributed by atoms with Crippen LogP contribution in [0, 0.1) is 0 Å². The molecule has 0 spiro atoms. The number of hydrogen-bond acceptors (Lipinski definition) is 5. The number of rotatable bonds is 5. The van der Waals surface area contributed by atoms with Crippen LogP contribution in [0.2, 0.25) is 5.02 Å². The highest BCUT2D eigenvalue weighted by atomic mass is 35.5. The third-order valence-electron chi connectivity index (χ3n) is 4.55. The number of halogens is 1. The van der Waals surface area contributed by atoms with E-state index in [0.717, 1.165) is 16.7 Å². The second-order valence-corrected chi connectivity index (χ2v) is 6.91. The minimum atomic E-state index is -0.442. The third kappa shape index (κ3) is 3.90. The average Bonchev–Trinajstić information content (AvgIpc) is 3.14. The Morgan fingerprint density at radius 2 is 1.90 bits per heavy atom. The smallest absolute Gasteiger partial charge is 0.330 e. The lowest BCUT2D eigenvalue weighted by molar-refractivity contribution is -0.137. The highest BCUT2D eigenvalue weighted by Crippen LogP contribution is 2.33. The van der Waals surface area contributed by atoms with E-state index in [1.807, 2.05) is 36.4 Å². The average molecular weight is 420 g/mol. The van der Waals surface area contributed by atoms with Gasteiger partial charge in [-0.05, 0) is 30.7 Å². The molecule has 6 nitrogen and oxygen atoms in total. The van der Waals surface area contributed by atoms with Crippen LogP contribution < -0.4 is 0 Å². The maximum Gasteiger partial charge on any atom is 0.330 e. The summed E-state index contributed by atoms with van der Waals surface area (Å²) in [7, 11) is 0. The van der Waals surface area contributed by atoms with Gasteiger partial charge < -0.3 is 9.84 Å². The molecule has 4 aromatic rings. The van der Waals surface area contributed by atoms with Crippen molar-refractivity contribution in [1.29, 1.82) is 0 Å². The van der Waals surface area contributed by atoms with Crippen LogP contribution in [0.5, 0.6) is 5.75 Å². The molecule has 0 aliphatic heterocycles. The van der Waals surface area contributed by atoms with Gasteiger partial charge in [0.25, 0.3) is 0 Å². The lowest BCUT2D eigenvalue weighted by atomic mass is 10.0. The Hall–Kier alpha value is -3.64. The molecule has 2 aromatic carbocycles. The first-order chi connectivity index (χ1) is 14.6. The molecule has 0 saturated carbocycles. The predicted molar refractivity (Wildman–Crippen MR) is 117 cm³/mol. The normalized spacial score (nSPS) is 11.3. The molecular weight excluding hydrogens is 402 g/mol. The summed E-state index contributed by atoms with van der Waals surface area (Å²) in [6.07, 6.45) is 2.87. The number of aromatic hydroxyl groups is 1. The number of aromatic amines is 1. The van der Waals surface area contributed by atoms with Crippen molar-refractivity contribution >= 4 is 34.7 Å².